The minimum Gasteiger partial charge on any atom is -0.353 e. The molecule has 0 bridgehead atoms. The zero-order chi connectivity index (χ0) is 19.7. The van der Waals surface area contributed by atoms with Crippen molar-refractivity contribution in [2.45, 2.75) is 12.5 Å². The number of amides is 2. The molecule has 3 N–H and O–H groups in total. The lowest BCUT2D eigenvalue weighted by Crippen LogP contribution is -2.48. The number of thioether (sulfide) groups is 1. The molecule has 0 unspecified atom stereocenters. The van der Waals surface area contributed by atoms with Crippen LogP contribution < -0.4 is 15.4 Å². The maximum Gasteiger partial charge on any atom is 0.253 e. The molecule has 0 fully saturated rings. The van der Waals surface area contributed by atoms with E-state index in [2.05, 4.69) is 15.4 Å². The molecule has 0 aromatic heterocycles. The molecule has 1 atom stereocenters. The molecule has 0 aliphatic rings. The van der Waals surface area contributed by atoms with Crippen LogP contribution in [0, 0.1) is 0 Å². The van der Waals surface area contributed by atoms with Gasteiger partial charge in [0.1, 0.15) is 6.04 Å². The van der Waals surface area contributed by atoms with E-state index in [1.807, 2.05) is 6.26 Å². The van der Waals surface area contributed by atoms with Crippen LogP contribution in [-0.4, -0.2) is 57.6 Å². The molecular formula is C15H21Cl2N3O4S2. The summed E-state index contributed by atoms with van der Waals surface area (Å²) in [5.41, 5.74) is 0.204. The Labute approximate surface area is 167 Å². The number of hydrogen-bond donors (Lipinski definition) is 3. The molecule has 0 spiro atoms. The van der Waals surface area contributed by atoms with Crippen molar-refractivity contribution < 1.29 is 18.0 Å². The van der Waals surface area contributed by atoms with Gasteiger partial charge in [-0.25, -0.2) is 13.1 Å². The third kappa shape index (κ3) is 7.71. The summed E-state index contributed by atoms with van der Waals surface area (Å²) in [4.78, 5) is 24.7. The van der Waals surface area contributed by atoms with E-state index in [4.69, 9.17) is 23.2 Å². The molecule has 1 aromatic carbocycles. The summed E-state index contributed by atoms with van der Waals surface area (Å²) in [7, 11) is -2.12. The summed E-state index contributed by atoms with van der Waals surface area (Å²) in [6, 6.07) is 3.64. The molecule has 0 saturated carbocycles. The summed E-state index contributed by atoms with van der Waals surface area (Å²) in [5.74, 6) is -0.567. The predicted octanol–water partition coefficient (Wildman–Crippen LogP) is 1.51. The van der Waals surface area contributed by atoms with Crippen LogP contribution in [0.25, 0.3) is 0 Å². The fraction of sp³-hybridized carbons (Fsp3) is 0.467. The number of benzene rings is 1. The monoisotopic (exact) mass is 441 g/mol. The average molecular weight is 442 g/mol. The lowest BCUT2D eigenvalue weighted by Gasteiger charge is -2.18. The van der Waals surface area contributed by atoms with Crippen molar-refractivity contribution in [3.05, 3.63) is 33.8 Å². The van der Waals surface area contributed by atoms with Crippen LogP contribution in [0.5, 0.6) is 0 Å². The first kappa shape index (κ1) is 23.0. The molecule has 0 saturated heterocycles. The van der Waals surface area contributed by atoms with Gasteiger partial charge in [-0.3, -0.25) is 9.59 Å². The Hall–Kier alpha value is -1.000. The Balaban J connectivity index is 2.75. The third-order valence-corrected chi connectivity index (χ3v) is 5.94. The van der Waals surface area contributed by atoms with Crippen LogP contribution >= 0.6 is 35.0 Å². The number of nitrogens with one attached hydrogen (secondary N) is 3. The van der Waals surface area contributed by atoms with Gasteiger partial charge < -0.3 is 10.6 Å². The smallest absolute Gasteiger partial charge is 0.253 e. The quantitative estimate of drug-likeness (QED) is 0.510. The Bertz CT molecular complexity index is 744. The van der Waals surface area contributed by atoms with Crippen LogP contribution in [0.4, 0.5) is 0 Å². The van der Waals surface area contributed by atoms with E-state index in [9.17, 15) is 18.0 Å². The number of hydrogen-bond acceptors (Lipinski definition) is 5. The van der Waals surface area contributed by atoms with Crippen molar-refractivity contribution in [2.75, 3.05) is 31.4 Å². The molecule has 11 heteroatoms. The second-order valence-corrected chi connectivity index (χ2v) is 9.12. The molecule has 0 aliphatic heterocycles. The van der Waals surface area contributed by atoms with Crippen molar-refractivity contribution in [3.8, 4) is 0 Å². The summed E-state index contributed by atoms with van der Waals surface area (Å²) < 4.78 is 24.9. The lowest BCUT2D eigenvalue weighted by molar-refractivity contribution is -0.122. The highest BCUT2D eigenvalue weighted by atomic mass is 35.5. The first-order chi connectivity index (χ1) is 12.2. The summed E-state index contributed by atoms with van der Waals surface area (Å²) in [6.45, 7) is -0.0602. The number of halogens is 2. The van der Waals surface area contributed by atoms with Gasteiger partial charge in [-0.05, 0) is 43.7 Å². The SMILES string of the molecule is CNS(=O)(=O)CCNC(=O)[C@H](CCSC)NC(=O)c1ccc(Cl)cc1Cl. The highest BCUT2D eigenvalue weighted by Gasteiger charge is 2.22. The van der Waals surface area contributed by atoms with Gasteiger partial charge in [0, 0.05) is 11.6 Å². The summed E-state index contributed by atoms with van der Waals surface area (Å²) in [5, 5.41) is 5.74. The third-order valence-electron chi connectivity index (χ3n) is 3.39. The van der Waals surface area contributed by atoms with Crippen molar-refractivity contribution in [3.63, 3.8) is 0 Å². The van der Waals surface area contributed by atoms with E-state index >= 15 is 0 Å². The topological polar surface area (TPSA) is 104 Å². The van der Waals surface area contributed by atoms with Crippen LogP contribution in [0.2, 0.25) is 10.0 Å². The predicted molar refractivity (Wildman–Crippen MR) is 107 cm³/mol. The van der Waals surface area contributed by atoms with Gasteiger partial charge in [0.2, 0.25) is 15.9 Å². The second kappa shape index (κ2) is 11.0. The molecule has 146 valence electrons. The zero-order valence-corrected chi connectivity index (χ0v) is 17.5. The fourth-order valence-corrected chi connectivity index (χ4v) is 3.49. The first-order valence-corrected chi connectivity index (χ1v) is 11.4. The number of carbonyl (C=O) groups is 2. The van der Waals surface area contributed by atoms with Crippen molar-refractivity contribution in [2.24, 2.45) is 0 Å². The standard InChI is InChI=1S/C15H21Cl2N3O4S2/c1-18-26(23,24)8-6-19-15(22)13(5-7-25-2)20-14(21)11-4-3-10(16)9-12(11)17/h3-4,9,13,18H,5-8H2,1-2H3,(H,19,22)(H,20,21)/t13-/m0/s1. The Morgan fingerprint density at radius 1 is 1.27 bits per heavy atom. The average Bonchev–Trinajstić information content (AvgIpc) is 2.58. The molecule has 1 aromatic rings. The zero-order valence-electron chi connectivity index (χ0n) is 14.3. The molecule has 0 radical (unpaired) electrons. The van der Waals surface area contributed by atoms with Crippen LogP contribution in [0.1, 0.15) is 16.8 Å². The normalized spacial score (nSPS) is 12.5. The van der Waals surface area contributed by atoms with Gasteiger partial charge in [-0.1, -0.05) is 23.2 Å². The number of sulfonamides is 1. The fourth-order valence-electron chi connectivity index (χ4n) is 1.95. The Morgan fingerprint density at radius 3 is 2.54 bits per heavy atom. The maximum atomic E-state index is 12.4. The molecular weight excluding hydrogens is 421 g/mol. The maximum absolute atomic E-state index is 12.4. The van der Waals surface area contributed by atoms with E-state index in [0.29, 0.717) is 17.2 Å². The molecule has 2 amide bonds. The largest absolute Gasteiger partial charge is 0.353 e. The van der Waals surface area contributed by atoms with Gasteiger partial charge in [-0.2, -0.15) is 11.8 Å². The van der Waals surface area contributed by atoms with Crippen molar-refractivity contribution in [1.82, 2.24) is 15.4 Å². The molecule has 0 heterocycles. The summed E-state index contributed by atoms with van der Waals surface area (Å²) >= 11 is 13.4. The minimum atomic E-state index is -3.42. The van der Waals surface area contributed by atoms with E-state index < -0.39 is 27.9 Å². The Morgan fingerprint density at radius 2 is 1.96 bits per heavy atom. The number of carbonyl (C=O) groups excluding carboxylic acids is 2. The minimum absolute atomic E-state index is 0.0602. The Kier molecular flexibility index (Phi) is 9.73. The van der Waals surface area contributed by atoms with Crippen LogP contribution in [0.3, 0.4) is 0 Å². The number of rotatable bonds is 10. The van der Waals surface area contributed by atoms with Gasteiger partial charge in [0.25, 0.3) is 5.91 Å². The van der Waals surface area contributed by atoms with E-state index in [0.717, 1.165) is 0 Å². The van der Waals surface area contributed by atoms with Crippen molar-refractivity contribution in [1.29, 1.82) is 0 Å². The van der Waals surface area contributed by atoms with Crippen molar-refractivity contribution >= 4 is 56.8 Å². The van der Waals surface area contributed by atoms with Crippen LogP contribution in [0.15, 0.2) is 18.2 Å². The van der Waals surface area contributed by atoms with E-state index in [1.54, 1.807) is 0 Å². The van der Waals surface area contributed by atoms with Gasteiger partial charge >= 0.3 is 0 Å². The van der Waals surface area contributed by atoms with Gasteiger partial charge in [-0.15, -0.1) is 0 Å². The summed E-state index contributed by atoms with van der Waals surface area (Å²) in [6.07, 6.45) is 2.27. The van der Waals surface area contributed by atoms with Crippen LogP contribution in [-0.2, 0) is 14.8 Å². The van der Waals surface area contributed by atoms with E-state index in [-0.39, 0.29) is 22.9 Å². The van der Waals surface area contributed by atoms with E-state index in [1.165, 1.54) is 37.0 Å². The van der Waals surface area contributed by atoms with Gasteiger partial charge in [0.15, 0.2) is 0 Å². The molecule has 7 nitrogen and oxygen atoms in total. The van der Waals surface area contributed by atoms with Gasteiger partial charge in [0.05, 0.1) is 16.3 Å². The second-order valence-electron chi connectivity index (χ2n) is 5.25. The lowest BCUT2D eigenvalue weighted by atomic mass is 10.1. The molecule has 1 rings (SSSR count). The highest BCUT2D eigenvalue weighted by molar-refractivity contribution is 7.98. The molecule has 0 aliphatic carbocycles. The first-order valence-electron chi connectivity index (χ1n) is 7.64. The molecule has 26 heavy (non-hydrogen) atoms. The highest BCUT2D eigenvalue weighted by Crippen LogP contribution is 2.21.